The molecule has 0 unspecified atom stereocenters. The van der Waals surface area contributed by atoms with Gasteiger partial charge in [-0.25, -0.2) is 0 Å². The van der Waals surface area contributed by atoms with E-state index in [1.54, 1.807) is 12.3 Å². The first kappa shape index (κ1) is 10.5. The van der Waals surface area contributed by atoms with Crippen LogP contribution in [-0.4, -0.2) is 9.55 Å². The Morgan fingerprint density at radius 2 is 2.00 bits per heavy atom. The van der Waals surface area contributed by atoms with Gasteiger partial charge >= 0.3 is 0 Å². The molecule has 18 heavy (non-hydrogen) atoms. The Morgan fingerprint density at radius 3 is 2.72 bits per heavy atom. The van der Waals surface area contributed by atoms with Gasteiger partial charge in [-0.3, -0.25) is 4.98 Å². The highest BCUT2D eigenvalue weighted by atomic mass is 14.9. The molecule has 0 radical (unpaired) electrons. The summed E-state index contributed by atoms with van der Waals surface area (Å²) in [6.07, 6.45) is 3.68. The fraction of sp³-hybridized carbons (Fsp3) is 0.0667. The Hall–Kier alpha value is -2.60. The van der Waals surface area contributed by atoms with Gasteiger partial charge in [0, 0.05) is 35.9 Å². The molecule has 0 fully saturated rings. The van der Waals surface area contributed by atoms with E-state index in [1.165, 1.54) is 10.9 Å². The molecule has 3 aromatic rings. The van der Waals surface area contributed by atoms with E-state index in [2.05, 4.69) is 33.9 Å². The normalized spacial score (nSPS) is 10.4. The molecule has 2 heterocycles. The topological polar surface area (TPSA) is 41.6 Å². The maximum Gasteiger partial charge on any atom is 0.101 e. The van der Waals surface area contributed by atoms with E-state index in [-0.39, 0.29) is 0 Å². The van der Waals surface area contributed by atoms with Gasteiger partial charge in [0.1, 0.15) is 6.07 Å². The van der Waals surface area contributed by atoms with Crippen LogP contribution in [0.5, 0.6) is 0 Å². The lowest BCUT2D eigenvalue weighted by Gasteiger charge is -1.98. The number of pyridine rings is 1. The molecule has 2 aromatic heterocycles. The SMILES string of the molecule is Cn1cc(-c2ccc(C#N)cn2)c2ccccc21. The van der Waals surface area contributed by atoms with Crippen molar-refractivity contribution in [1.82, 2.24) is 9.55 Å². The fourth-order valence-corrected chi connectivity index (χ4v) is 2.17. The molecule has 0 saturated heterocycles. The minimum Gasteiger partial charge on any atom is -0.350 e. The first-order valence-corrected chi connectivity index (χ1v) is 5.70. The monoisotopic (exact) mass is 233 g/mol. The van der Waals surface area contributed by atoms with Gasteiger partial charge in [-0.1, -0.05) is 18.2 Å². The van der Waals surface area contributed by atoms with Gasteiger partial charge in [0.2, 0.25) is 0 Å². The van der Waals surface area contributed by atoms with Crippen molar-refractivity contribution in [2.45, 2.75) is 0 Å². The second kappa shape index (κ2) is 4.01. The van der Waals surface area contributed by atoms with Crippen molar-refractivity contribution in [3.8, 4) is 17.3 Å². The molecule has 0 aliphatic carbocycles. The molecule has 3 nitrogen and oxygen atoms in total. The van der Waals surface area contributed by atoms with Crippen LogP contribution in [0.3, 0.4) is 0 Å². The molecule has 3 heteroatoms. The van der Waals surface area contributed by atoms with E-state index < -0.39 is 0 Å². The highest BCUT2D eigenvalue weighted by Gasteiger charge is 2.08. The molecule has 0 bridgehead atoms. The highest BCUT2D eigenvalue weighted by Crippen LogP contribution is 2.28. The Balaban J connectivity index is 2.22. The Kier molecular flexibility index (Phi) is 2.35. The maximum absolute atomic E-state index is 8.78. The average molecular weight is 233 g/mol. The van der Waals surface area contributed by atoms with E-state index in [4.69, 9.17) is 5.26 Å². The smallest absolute Gasteiger partial charge is 0.101 e. The first-order chi connectivity index (χ1) is 8.79. The molecule has 0 aliphatic rings. The average Bonchev–Trinajstić information content (AvgIpc) is 2.77. The number of aryl methyl sites for hydroxylation is 1. The Morgan fingerprint density at radius 1 is 1.17 bits per heavy atom. The van der Waals surface area contributed by atoms with Crippen molar-refractivity contribution in [2.75, 3.05) is 0 Å². The van der Waals surface area contributed by atoms with Crippen LogP contribution < -0.4 is 0 Å². The molecule has 1 aromatic carbocycles. The second-order valence-electron chi connectivity index (χ2n) is 4.21. The van der Waals surface area contributed by atoms with E-state index in [1.807, 2.05) is 25.2 Å². The summed E-state index contributed by atoms with van der Waals surface area (Å²) in [5.41, 5.74) is 3.75. The summed E-state index contributed by atoms with van der Waals surface area (Å²) >= 11 is 0. The molecule has 0 atom stereocenters. The van der Waals surface area contributed by atoms with Gasteiger partial charge < -0.3 is 4.57 Å². The number of nitrogens with zero attached hydrogens (tertiary/aromatic N) is 3. The molecule has 3 rings (SSSR count). The van der Waals surface area contributed by atoms with E-state index in [0.717, 1.165) is 11.3 Å². The lowest BCUT2D eigenvalue weighted by atomic mass is 10.1. The summed E-state index contributed by atoms with van der Waals surface area (Å²) in [5, 5.41) is 9.96. The summed E-state index contributed by atoms with van der Waals surface area (Å²) in [7, 11) is 2.02. The molecular formula is C15H11N3. The standard InChI is InChI=1S/C15H11N3/c1-18-10-13(12-4-2-3-5-15(12)18)14-7-6-11(8-16)9-17-14/h2-7,9-10H,1H3. The number of para-hydroxylation sites is 1. The number of rotatable bonds is 1. The van der Waals surface area contributed by atoms with Crippen LogP contribution in [0, 0.1) is 11.3 Å². The predicted molar refractivity (Wildman–Crippen MR) is 70.9 cm³/mol. The van der Waals surface area contributed by atoms with Crippen molar-refractivity contribution in [1.29, 1.82) is 5.26 Å². The Bertz CT molecular complexity index is 745. The lowest BCUT2D eigenvalue weighted by Crippen LogP contribution is -1.84. The number of aromatic nitrogens is 2. The molecular weight excluding hydrogens is 222 g/mol. The van der Waals surface area contributed by atoms with Crippen LogP contribution >= 0.6 is 0 Å². The second-order valence-corrected chi connectivity index (χ2v) is 4.21. The molecule has 0 aliphatic heterocycles. The largest absolute Gasteiger partial charge is 0.350 e. The van der Waals surface area contributed by atoms with Gasteiger partial charge in [0.15, 0.2) is 0 Å². The quantitative estimate of drug-likeness (QED) is 0.648. The van der Waals surface area contributed by atoms with Crippen LogP contribution in [0.4, 0.5) is 0 Å². The van der Waals surface area contributed by atoms with Crippen molar-refractivity contribution in [3.05, 3.63) is 54.4 Å². The zero-order valence-corrected chi connectivity index (χ0v) is 9.96. The minimum absolute atomic E-state index is 0.582. The van der Waals surface area contributed by atoms with Gasteiger partial charge in [0.05, 0.1) is 11.3 Å². The zero-order valence-electron chi connectivity index (χ0n) is 9.96. The third kappa shape index (κ3) is 1.56. The highest BCUT2D eigenvalue weighted by molar-refractivity contribution is 5.95. The molecule has 0 N–H and O–H groups in total. The molecule has 86 valence electrons. The van der Waals surface area contributed by atoms with Crippen LogP contribution in [0.2, 0.25) is 0 Å². The van der Waals surface area contributed by atoms with Crippen LogP contribution in [0.1, 0.15) is 5.56 Å². The first-order valence-electron chi connectivity index (χ1n) is 5.70. The summed E-state index contributed by atoms with van der Waals surface area (Å²) in [5.74, 6) is 0. The maximum atomic E-state index is 8.78. The van der Waals surface area contributed by atoms with Crippen LogP contribution in [0.15, 0.2) is 48.8 Å². The lowest BCUT2D eigenvalue weighted by molar-refractivity contribution is 0.969. The van der Waals surface area contributed by atoms with Crippen LogP contribution in [-0.2, 0) is 7.05 Å². The summed E-state index contributed by atoms with van der Waals surface area (Å²) in [4.78, 5) is 4.35. The summed E-state index contributed by atoms with van der Waals surface area (Å²) in [6.45, 7) is 0. The number of hydrogen-bond donors (Lipinski definition) is 0. The van der Waals surface area contributed by atoms with Gasteiger partial charge in [0.25, 0.3) is 0 Å². The third-order valence-corrected chi connectivity index (χ3v) is 3.07. The predicted octanol–water partition coefficient (Wildman–Crippen LogP) is 3.11. The van der Waals surface area contributed by atoms with Crippen molar-refractivity contribution < 1.29 is 0 Å². The van der Waals surface area contributed by atoms with E-state index >= 15 is 0 Å². The summed E-state index contributed by atoms with van der Waals surface area (Å²) < 4.78 is 2.09. The van der Waals surface area contributed by atoms with E-state index in [0.29, 0.717) is 5.56 Å². The number of benzene rings is 1. The summed E-state index contributed by atoms with van der Waals surface area (Å²) in [6, 6.07) is 14.0. The zero-order chi connectivity index (χ0) is 12.5. The molecule has 0 saturated carbocycles. The Labute approximate surface area is 105 Å². The number of fused-ring (bicyclic) bond motifs is 1. The van der Waals surface area contributed by atoms with Gasteiger partial charge in [-0.05, 0) is 18.2 Å². The number of nitriles is 1. The van der Waals surface area contributed by atoms with E-state index in [9.17, 15) is 0 Å². The minimum atomic E-state index is 0.582. The van der Waals surface area contributed by atoms with Crippen molar-refractivity contribution in [2.24, 2.45) is 7.05 Å². The number of hydrogen-bond acceptors (Lipinski definition) is 2. The van der Waals surface area contributed by atoms with Crippen molar-refractivity contribution >= 4 is 10.9 Å². The van der Waals surface area contributed by atoms with Crippen molar-refractivity contribution in [3.63, 3.8) is 0 Å². The van der Waals surface area contributed by atoms with Crippen LogP contribution in [0.25, 0.3) is 22.2 Å². The fourth-order valence-electron chi connectivity index (χ4n) is 2.17. The van der Waals surface area contributed by atoms with Gasteiger partial charge in [-0.15, -0.1) is 0 Å². The molecule has 0 amide bonds. The third-order valence-electron chi connectivity index (χ3n) is 3.07. The van der Waals surface area contributed by atoms with Gasteiger partial charge in [-0.2, -0.15) is 5.26 Å². The molecule has 0 spiro atoms.